The monoisotopic (exact) mass is 205 g/mol. The number of nitrogens with one attached hydrogen (secondary N) is 1. The quantitative estimate of drug-likeness (QED) is 0.503. The van der Waals surface area contributed by atoms with Crippen molar-refractivity contribution >= 4 is 0 Å². The molecule has 0 amide bonds. The minimum Gasteiger partial charge on any atom is -0.382 e. The van der Waals surface area contributed by atoms with Crippen LogP contribution in [0.4, 0.5) is 0 Å². The van der Waals surface area contributed by atoms with Gasteiger partial charge in [-0.25, -0.2) is 0 Å². The van der Waals surface area contributed by atoms with Gasteiger partial charge in [-0.1, -0.05) is 0 Å². The van der Waals surface area contributed by atoms with Gasteiger partial charge in [0.2, 0.25) is 0 Å². The summed E-state index contributed by atoms with van der Waals surface area (Å²) in [7, 11) is 3.62. The third-order valence-corrected chi connectivity index (χ3v) is 1.72. The first-order valence-electron chi connectivity index (χ1n) is 5.21. The van der Waals surface area contributed by atoms with Gasteiger partial charge in [0.05, 0.1) is 13.2 Å². The van der Waals surface area contributed by atoms with Crippen molar-refractivity contribution in [2.75, 3.05) is 53.7 Å². The summed E-state index contributed by atoms with van der Waals surface area (Å²) in [6, 6.07) is 0. The molecule has 0 radical (unpaired) electrons. The summed E-state index contributed by atoms with van der Waals surface area (Å²) in [6.07, 6.45) is 2.03. The lowest BCUT2D eigenvalue weighted by Gasteiger charge is -2.05. The van der Waals surface area contributed by atoms with Crippen molar-refractivity contribution in [1.29, 1.82) is 0 Å². The summed E-state index contributed by atoms with van der Waals surface area (Å²) < 4.78 is 15.5. The molecule has 4 heteroatoms. The highest BCUT2D eigenvalue weighted by Gasteiger charge is 1.90. The van der Waals surface area contributed by atoms with Crippen LogP contribution in [0.3, 0.4) is 0 Å². The molecular formula is C10H23NO3. The number of methoxy groups -OCH3 is 1. The Hall–Kier alpha value is -0.160. The molecule has 0 aliphatic rings. The van der Waals surface area contributed by atoms with Gasteiger partial charge in [-0.2, -0.15) is 0 Å². The van der Waals surface area contributed by atoms with Crippen LogP contribution >= 0.6 is 0 Å². The Bertz CT molecular complexity index is 89.4. The summed E-state index contributed by atoms with van der Waals surface area (Å²) in [5, 5.41) is 3.07. The Labute approximate surface area is 86.9 Å². The first-order valence-corrected chi connectivity index (χ1v) is 5.21. The zero-order valence-corrected chi connectivity index (χ0v) is 9.38. The molecule has 4 nitrogen and oxygen atoms in total. The van der Waals surface area contributed by atoms with E-state index in [0.717, 1.165) is 39.2 Å². The molecule has 0 atom stereocenters. The third kappa shape index (κ3) is 11.8. The molecule has 14 heavy (non-hydrogen) atoms. The molecule has 0 aliphatic carbocycles. The molecule has 0 rings (SSSR count). The molecule has 0 unspecified atom stereocenters. The smallest absolute Gasteiger partial charge is 0.0700 e. The molecule has 86 valence electrons. The first kappa shape index (κ1) is 13.8. The lowest BCUT2D eigenvalue weighted by molar-refractivity contribution is 0.0511. The van der Waals surface area contributed by atoms with E-state index in [0.29, 0.717) is 13.2 Å². The topological polar surface area (TPSA) is 39.7 Å². The van der Waals surface area contributed by atoms with Gasteiger partial charge in [0.25, 0.3) is 0 Å². The fraction of sp³-hybridized carbons (Fsp3) is 1.00. The molecule has 0 spiro atoms. The fourth-order valence-electron chi connectivity index (χ4n) is 0.960. The molecule has 0 saturated carbocycles. The van der Waals surface area contributed by atoms with Gasteiger partial charge in [0.1, 0.15) is 0 Å². The average Bonchev–Trinajstić information content (AvgIpc) is 2.21. The van der Waals surface area contributed by atoms with Crippen molar-refractivity contribution in [3.05, 3.63) is 0 Å². The van der Waals surface area contributed by atoms with Crippen LogP contribution in [0.2, 0.25) is 0 Å². The summed E-state index contributed by atoms with van der Waals surface area (Å²) in [6.45, 7) is 4.74. The van der Waals surface area contributed by atoms with Gasteiger partial charge >= 0.3 is 0 Å². The Morgan fingerprint density at radius 2 is 1.50 bits per heavy atom. The molecule has 0 heterocycles. The van der Waals surface area contributed by atoms with E-state index < -0.39 is 0 Å². The third-order valence-electron chi connectivity index (χ3n) is 1.72. The van der Waals surface area contributed by atoms with E-state index in [1.807, 2.05) is 7.05 Å². The van der Waals surface area contributed by atoms with Gasteiger partial charge in [-0.15, -0.1) is 0 Å². The van der Waals surface area contributed by atoms with Crippen LogP contribution in [0.25, 0.3) is 0 Å². The second-order valence-corrected chi connectivity index (χ2v) is 3.03. The van der Waals surface area contributed by atoms with Crippen LogP contribution < -0.4 is 5.32 Å². The lowest BCUT2D eigenvalue weighted by Crippen LogP contribution is -2.11. The maximum atomic E-state index is 5.39. The summed E-state index contributed by atoms with van der Waals surface area (Å²) in [4.78, 5) is 0. The Balaban J connectivity index is 2.78. The van der Waals surface area contributed by atoms with Crippen molar-refractivity contribution in [3.63, 3.8) is 0 Å². The van der Waals surface area contributed by atoms with Gasteiger partial charge in [0.15, 0.2) is 0 Å². The number of hydrogen-bond donors (Lipinski definition) is 1. The predicted molar refractivity (Wildman–Crippen MR) is 56.7 cm³/mol. The van der Waals surface area contributed by atoms with Crippen LogP contribution in [-0.4, -0.2) is 53.7 Å². The molecule has 0 saturated heterocycles. The number of rotatable bonds is 11. The molecule has 0 aromatic heterocycles. The second-order valence-electron chi connectivity index (χ2n) is 3.03. The molecule has 0 bridgehead atoms. The highest BCUT2D eigenvalue weighted by molar-refractivity contribution is 4.40. The van der Waals surface area contributed by atoms with Crippen molar-refractivity contribution in [2.45, 2.75) is 12.8 Å². The Morgan fingerprint density at radius 3 is 2.14 bits per heavy atom. The minimum atomic E-state index is 0.670. The van der Waals surface area contributed by atoms with Gasteiger partial charge in [0, 0.05) is 26.9 Å². The van der Waals surface area contributed by atoms with E-state index >= 15 is 0 Å². The minimum absolute atomic E-state index is 0.670. The van der Waals surface area contributed by atoms with Crippen LogP contribution in [0.15, 0.2) is 0 Å². The number of hydrogen-bond acceptors (Lipinski definition) is 4. The van der Waals surface area contributed by atoms with Gasteiger partial charge in [-0.05, 0) is 26.4 Å². The van der Waals surface area contributed by atoms with E-state index in [-0.39, 0.29) is 0 Å². The first-order chi connectivity index (χ1) is 6.91. The second kappa shape index (κ2) is 12.8. The highest BCUT2D eigenvalue weighted by Crippen LogP contribution is 1.87. The summed E-state index contributed by atoms with van der Waals surface area (Å²) >= 11 is 0. The Kier molecular flexibility index (Phi) is 12.7. The molecular weight excluding hydrogens is 182 g/mol. The standard InChI is InChI=1S/C10H23NO3/c1-11-5-3-6-13-7-4-8-14-10-9-12-2/h11H,3-10H2,1-2H3. The van der Waals surface area contributed by atoms with Crippen LogP contribution in [0.1, 0.15) is 12.8 Å². The van der Waals surface area contributed by atoms with Crippen molar-refractivity contribution in [3.8, 4) is 0 Å². The lowest BCUT2D eigenvalue weighted by atomic mass is 10.4. The molecule has 0 aromatic rings. The van der Waals surface area contributed by atoms with Crippen LogP contribution in [0.5, 0.6) is 0 Å². The normalized spacial score (nSPS) is 10.7. The maximum Gasteiger partial charge on any atom is 0.0700 e. The molecule has 0 aliphatic heterocycles. The van der Waals surface area contributed by atoms with E-state index in [2.05, 4.69) is 5.32 Å². The van der Waals surface area contributed by atoms with E-state index in [9.17, 15) is 0 Å². The largest absolute Gasteiger partial charge is 0.382 e. The van der Waals surface area contributed by atoms with Gasteiger partial charge in [-0.3, -0.25) is 0 Å². The van der Waals surface area contributed by atoms with Crippen molar-refractivity contribution in [2.24, 2.45) is 0 Å². The predicted octanol–water partition coefficient (Wildman–Crippen LogP) is 0.666. The molecule has 1 N–H and O–H groups in total. The van der Waals surface area contributed by atoms with Crippen LogP contribution in [0, 0.1) is 0 Å². The fourth-order valence-corrected chi connectivity index (χ4v) is 0.960. The maximum absolute atomic E-state index is 5.39. The summed E-state index contributed by atoms with van der Waals surface area (Å²) in [5.41, 5.74) is 0. The SMILES string of the molecule is CNCCCOCCCOCCOC. The zero-order valence-electron chi connectivity index (χ0n) is 9.38. The summed E-state index contributed by atoms with van der Waals surface area (Å²) in [5.74, 6) is 0. The van der Waals surface area contributed by atoms with E-state index in [4.69, 9.17) is 14.2 Å². The Morgan fingerprint density at radius 1 is 0.857 bits per heavy atom. The number of ether oxygens (including phenoxy) is 3. The van der Waals surface area contributed by atoms with Crippen molar-refractivity contribution < 1.29 is 14.2 Å². The van der Waals surface area contributed by atoms with Crippen LogP contribution in [-0.2, 0) is 14.2 Å². The van der Waals surface area contributed by atoms with E-state index in [1.165, 1.54) is 0 Å². The highest BCUT2D eigenvalue weighted by atomic mass is 16.5. The van der Waals surface area contributed by atoms with E-state index in [1.54, 1.807) is 7.11 Å². The average molecular weight is 205 g/mol. The van der Waals surface area contributed by atoms with Gasteiger partial charge < -0.3 is 19.5 Å². The van der Waals surface area contributed by atoms with Crippen molar-refractivity contribution in [1.82, 2.24) is 5.32 Å². The molecule has 0 fully saturated rings. The zero-order chi connectivity index (χ0) is 10.5. The molecule has 0 aromatic carbocycles.